The Morgan fingerprint density at radius 2 is 1.75 bits per heavy atom. The molecule has 2 N–H and O–H groups in total. The minimum atomic E-state index is -4.17. The van der Waals surface area contributed by atoms with Crippen molar-refractivity contribution in [2.45, 2.75) is 57.5 Å². The second-order valence-corrected chi connectivity index (χ2v) is 5.39. The lowest BCUT2D eigenvalue weighted by atomic mass is 9.82. The molecule has 7 heteroatoms. The zero-order valence-electron chi connectivity index (χ0n) is 11.3. The molecule has 1 fully saturated rings. The highest BCUT2D eigenvalue weighted by Crippen LogP contribution is 2.41. The fourth-order valence-corrected chi connectivity index (χ4v) is 2.57. The molecular formula is C13H20F3NO3. The van der Waals surface area contributed by atoms with Gasteiger partial charge in [0.25, 0.3) is 0 Å². The fourth-order valence-electron chi connectivity index (χ4n) is 2.57. The van der Waals surface area contributed by atoms with E-state index in [4.69, 9.17) is 0 Å². The molecule has 0 spiro atoms. The van der Waals surface area contributed by atoms with Gasteiger partial charge in [0, 0.05) is 19.4 Å². The SMILES string of the molecule is O=C(CC1(C(=O)O)CCCC1)NCCCCC(F)(F)F. The molecule has 0 saturated heterocycles. The molecule has 20 heavy (non-hydrogen) atoms. The van der Waals surface area contributed by atoms with Crippen molar-refractivity contribution in [3.63, 3.8) is 0 Å². The normalized spacial score (nSPS) is 17.9. The Bertz CT molecular complexity index is 349. The minimum absolute atomic E-state index is 0.0339. The van der Waals surface area contributed by atoms with Crippen molar-refractivity contribution in [3.05, 3.63) is 0 Å². The topological polar surface area (TPSA) is 66.4 Å². The third-order valence-corrected chi connectivity index (χ3v) is 3.72. The molecule has 0 unspecified atom stereocenters. The molecule has 0 aromatic heterocycles. The first-order chi connectivity index (χ1) is 9.25. The van der Waals surface area contributed by atoms with Gasteiger partial charge in [0.15, 0.2) is 0 Å². The fraction of sp³-hybridized carbons (Fsp3) is 0.846. The van der Waals surface area contributed by atoms with Crippen molar-refractivity contribution in [2.75, 3.05) is 6.54 Å². The van der Waals surface area contributed by atoms with Gasteiger partial charge in [-0.2, -0.15) is 13.2 Å². The molecule has 1 amide bonds. The second-order valence-electron chi connectivity index (χ2n) is 5.39. The Labute approximate surface area is 115 Å². The van der Waals surface area contributed by atoms with E-state index < -0.39 is 24.0 Å². The van der Waals surface area contributed by atoms with Crippen LogP contribution in [0.15, 0.2) is 0 Å². The maximum atomic E-state index is 11.9. The zero-order valence-corrected chi connectivity index (χ0v) is 11.3. The predicted octanol–water partition coefficient (Wildman–Crippen LogP) is 2.87. The van der Waals surface area contributed by atoms with Crippen LogP contribution in [0.1, 0.15) is 51.4 Å². The first kappa shape index (κ1) is 16.8. The number of unbranched alkanes of at least 4 members (excludes halogenated alkanes) is 1. The second kappa shape index (κ2) is 6.95. The van der Waals surface area contributed by atoms with E-state index in [0.717, 1.165) is 12.8 Å². The van der Waals surface area contributed by atoms with Gasteiger partial charge in [-0.05, 0) is 25.7 Å². The van der Waals surface area contributed by atoms with E-state index in [1.807, 2.05) is 0 Å². The van der Waals surface area contributed by atoms with Gasteiger partial charge in [-0.1, -0.05) is 12.8 Å². The Morgan fingerprint density at radius 1 is 1.15 bits per heavy atom. The highest BCUT2D eigenvalue weighted by molar-refractivity contribution is 5.85. The summed E-state index contributed by atoms with van der Waals surface area (Å²) >= 11 is 0. The lowest BCUT2D eigenvalue weighted by molar-refractivity contribution is -0.151. The van der Waals surface area contributed by atoms with Crippen molar-refractivity contribution in [2.24, 2.45) is 5.41 Å². The summed E-state index contributed by atoms with van der Waals surface area (Å²) in [5, 5.41) is 11.7. The van der Waals surface area contributed by atoms with Crippen LogP contribution in [-0.4, -0.2) is 29.7 Å². The van der Waals surface area contributed by atoms with Crippen molar-refractivity contribution in [1.29, 1.82) is 0 Å². The van der Waals surface area contributed by atoms with E-state index in [-0.39, 0.29) is 31.7 Å². The highest BCUT2D eigenvalue weighted by atomic mass is 19.4. The number of nitrogens with one attached hydrogen (secondary N) is 1. The maximum absolute atomic E-state index is 11.9. The Hall–Kier alpha value is -1.27. The van der Waals surface area contributed by atoms with Crippen LogP contribution < -0.4 is 5.32 Å². The lowest BCUT2D eigenvalue weighted by Gasteiger charge is -2.22. The summed E-state index contributed by atoms with van der Waals surface area (Å²) in [7, 11) is 0. The number of hydrogen-bond donors (Lipinski definition) is 2. The van der Waals surface area contributed by atoms with Crippen molar-refractivity contribution < 1.29 is 27.9 Å². The van der Waals surface area contributed by atoms with Crippen LogP contribution in [0.25, 0.3) is 0 Å². The first-order valence-electron chi connectivity index (χ1n) is 6.82. The summed E-state index contributed by atoms with van der Waals surface area (Å²) in [5.41, 5.74) is -0.976. The minimum Gasteiger partial charge on any atom is -0.481 e. The van der Waals surface area contributed by atoms with Gasteiger partial charge in [-0.25, -0.2) is 0 Å². The molecule has 0 aliphatic heterocycles. The van der Waals surface area contributed by atoms with Crippen molar-refractivity contribution >= 4 is 11.9 Å². The monoisotopic (exact) mass is 295 g/mol. The molecule has 0 bridgehead atoms. The molecule has 1 aliphatic carbocycles. The van der Waals surface area contributed by atoms with Crippen LogP contribution in [0.2, 0.25) is 0 Å². The smallest absolute Gasteiger partial charge is 0.389 e. The van der Waals surface area contributed by atoms with Gasteiger partial charge >= 0.3 is 12.1 Å². The average Bonchev–Trinajstić information content (AvgIpc) is 2.76. The van der Waals surface area contributed by atoms with E-state index in [9.17, 15) is 27.9 Å². The summed E-state index contributed by atoms with van der Waals surface area (Å²) in [4.78, 5) is 22.9. The number of alkyl halides is 3. The molecular weight excluding hydrogens is 275 g/mol. The summed E-state index contributed by atoms with van der Waals surface area (Å²) in [6.45, 7) is 0.157. The number of carbonyl (C=O) groups is 2. The predicted molar refractivity (Wildman–Crippen MR) is 66.1 cm³/mol. The number of carboxylic acid groups (broad SMARTS) is 1. The summed E-state index contributed by atoms with van der Waals surface area (Å²) in [5.74, 6) is -1.34. The van der Waals surface area contributed by atoms with Crippen LogP contribution in [0.3, 0.4) is 0 Å². The average molecular weight is 295 g/mol. The van der Waals surface area contributed by atoms with Crippen LogP contribution in [0, 0.1) is 5.41 Å². The van der Waals surface area contributed by atoms with E-state index >= 15 is 0 Å². The highest BCUT2D eigenvalue weighted by Gasteiger charge is 2.42. The van der Waals surface area contributed by atoms with Crippen LogP contribution in [0.5, 0.6) is 0 Å². The lowest BCUT2D eigenvalue weighted by Crippen LogP contribution is -2.36. The van der Waals surface area contributed by atoms with E-state index in [2.05, 4.69) is 5.32 Å². The molecule has 0 heterocycles. The Kier molecular flexibility index (Phi) is 5.83. The van der Waals surface area contributed by atoms with E-state index in [1.54, 1.807) is 0 Å². The number of aliphatic carboxylic acids is 1. The summed E-state index contributed by atoms with van der Waals surface area (Å²) in [6.07, 6.45) is -2.33. The first-order valence-corrected chi connectivity index (χ1v) is 6.82. The molecule has 0 radical (unpaired) electrons. The molecule has 1 rings (SSSR count). The van der Waals surface area contributed by atoms with E-state index in [1.165, 1.54) is 0 Å². The van der Waals surface area contributed by atoms with Gasteiger partial charge < -0.3 is 10.4 Å². The summed E-state index contributed by atoms with van der Waals surface area (Å²) in [6, 6.07) is 0. The maximum Gasteiger partial charge on any atom is 0.389 e. The molecule has 0 aromatic rings. The van der Waals surface area contributed by atoms with Crippen LogP contribution in [0.4, 0.5) is 13.2 Å². The quantitative estimate of drug-likeness (QED) is 0.710. The molecule has 4 nitrogen and oxygen atoms in total. The number of carboxylic acids is 1. The molecule has 1 saturated carbocycles. The number of rotatable bonds is 7. The third kappa shape index (κ3) is 5.38. The number of amides is 1. The van der Waals surface area contributed by atoms with Crippen LogP contribution >= 0.6 is 0 Å². The van der Waals surface area contributed by atoms with Crippen molar-refractivity contribution in [3.8, 4) is 0 Å². The third-order valence-electron chi connectivity index (χ3n) is 3.72. The number of carbonyl (C=O) groups excluding carboxylic acids is 1. The van der Waals surface area contributed by atoms with Gasteiger partial charge in [-0.15, -0.1) is 0 Å². The van der Waals surface area contributed by atoms with Crippen molar-refractivity contribution in [1.82, 2.24) is 5.32 Å². The molecule has 0 aromatic carbocycles. The molecule has 116 valence electrons. The van der Waals surface area contributed by atoms with Gasteiger partial charge in [-0.3, -0.25) is 9.59 Å². The standard InChI is InChI=1S/C13H20F3NO3/c14-13(15,16)7-3-4-8-17-10(18)9-12(11(19)20)5-1-2-6-12/h1-9H2,(H,17,18)(H,19,20). The largest absolute Gasteiger partial charge is 0.481 e. The summed E-state index contributed by atoms with van der Waals surface area (Å²) < 4.78 is 35.7. The molecule has 0 atom stereocenters. The van der Waals surface area contributed by atoms with Gasteiger partial charge in [0.05, 0.1) is 5.41 Å². The molecule has 1 aliphatic rings. The Morgan fingerprint density at radius 3 is 2.25 bits per heavy atom. The number of hydrogen-bond acceptors (Lipinski definition) is 2. The zero-order chi connectivity index (χ0) is 15.2. The Balaban J connectivity index is 2.24. The van der Waals surface area contributed by atoms with Gasteiger partial charge in [0.2, 0.25) is 5.91 Å². The van der Waals surface area contributed by atoms with Gasteiger partial charge in [0.1, 0.15) is 0 Å². The van der Waals surface area contributed by atoms with Crippen LogP contribution in [-0.2, 0) is 9.59 Å². The van der Waals surface area contributed by atoms with E-state index in [0.29, 0.717) is 12.8 Å². The number of halogens is 3.